The number of hydrogen-bond acceptors (Lipinski definition) is 4. The Morgan fingerprint density at radius 3 is 2.53 bits per heavy atom. The van der Waals surface area contributed by atoms with E-state index >= 15 is 0 Å². The second kappa shape index (κ2) is 8.88. The van der Waals surface area contributed by atoms with Gasteiger partial charge in [-0.1, -0.05) is 19.9 Å². The third-order valence-electron chi connectivity index (χ3n) is 3.40. The molecular formula is C15H27N3O. The number of pyridine rings is 1. The number of ether oxygens (including phenoxy) is 1. The van der Waals surface area contributed by atoms with E-state index in [1.165, 1.54) is 5.56 Å². The van der Waals surface area contributed by atoms with Gasteiger partial charge < -0.3 is 15.0 Å². The molecule has 1 N–H and O–H groups in total. The normalized spacial score (nSPS) is 11.0. The molecule has 0 saturated heterocycles. The first-order valence-corrected chi connectivity index (χ1v) is 7.11. The van der Waals surface area contributed by atoms with E-state index in [0.29, 0.717) is 6.04 Å². The molecule has 0 atom stereocenters. The molecule has 4 heteroatoms. The van der Waals surface area contributed by atoms with Crippen LogP contribution in [0.15, 0.2) is 18.3 Å². The second-order valence-electron chi connectivity index (χ2n) is 4.71. The molecule has 1 heterocycles. The van der Waals surface area contributed by atoms with E-state index in [1.54, 1.807) is 7.11 Å². The van der Waals surface area contributed by atoms with Crippen LogP contribution < -0.4 is 10.2 Å². The predicted octanol–water partition coefficient (Wildman–Crippen LogP) is 2.44. The Hall–Kier alpha value is -1.13. The van der Waals surface area contributed by atoms with E-state index in [-0.39, 0.29) is 0 Å². The van der Waals surface area contributed by atoms with Gasteiger partial charge in [-0.3, -0.25) is 0 Å². The number of hydrogen-bond donors (Lipinski definition) is 1. The Morgan fingerprint density at radius 2 is 2.05 bits per heavy atom. The lowest BCUT2D eigenvalue weighted by molar-refractivity contribution is 0.202. The smallest absolute Gasteiger partial charge is 0.128 e. The van der Waals surface area contributed by atoms with Crippen LogP contribution in [0.4, 0.5) is 5.82 Å². The lowest BCUT2D eigenvalue weighted by Crippen LogP contribution is -2.37. The van der Waals surface area contributed by atoms with Crippen LogP contribution in [0.3, 0.4) is 0 Å². The fourth-order valence-corrected chi connectivity index (χ4v) is 2.30. The first-order chi connectivity index (χ1) is 9.26. The van der Waals surface area contributed by atoms with E-state index in [4.69, 9.17) is 4.74 Å². The zero-order valence-corrected chi connectivity index (χ0v) is 12.6. The summed E-state index contributed by atoms with van der Waals surface area (Å²) in [6.07, 6.45) is 4.20. The molecule has 0 spiro atoms. The molecule has 0 aliphatic heterocycles. The van der Waals surface area contributed by atoms with E-state index in [9.17, 15) is 0 Å². The van der Waals surface area contributed by atoms with Gasteiger partial charge >= 0.3 is 0 Å². The maximum atomic E-state index is 5.22. The zero-order chi connectivity index (χ0) is 14.1. The number of aromatic nitrogens is 1. The van der Waals surface area contributed by atoms with Gasteiger partial charge in [-0.25, -0.2) is 4.98 Å². The Kier molecular flexibility index (Phi) is 7.45. The minimum atomic E-state index is 0.526. The van der Waals surface area contributed by atoms with Gasteiger partial charge in [0.2, 0.25) is 0 Å². The Bertz CT molecular complexity index is 336. The molecule has 0 aliphatic rings. The van der Waals surface area contributed by atoms with Gasteiger partial charge in [-0.05, 0) is 31.5 Å². The SMILES string of the molecule is CCC(CC)N(CCOC)c1ccc(CNC)cn1. The van der Waals surface area contributed by atoms with Crippen molar-refractivity contribution in [2.75, 3.05) is 32.2 Å². The molecule has 108 valence electrons. The lowest BCUT2D eigenvalue weighted by Gasteiger charge is -2.31. The first-order valence-electron chi connectivity index (χ1n) is 7.11. The largest absolute Gasteiger partial charge is 0.383 e. The Morgan fingerprint density at radius 1 is 1.32 bits per heavy atom. The Balaban J connectivity index is 2.83. The van der Waals surface area contributed by atoms with E-state index < -0.39 is 0 Å². The maximum absolute atomic E-state index is 5.22. The molecule has 0 bridgehead atoms. The van der Waals surface area contributed by atoms with Crippen LogP contribution in [0, 0.1) is 0 Å². The third-order valence-corrected chi connectivity index (χ3v) is 3.40. The summed E-state index contributed by atoms with van der Waals surface area (Å²) in [5, 5.41) is 3.14. The molecule has 4 nitrogen and oxygen atoms in total. The molecule has 0 aliphatic carbocycles. The van der Waals surface area contributed by atoms with Crippen LogP contribution in [0.5, 0.6) is 0 Å². The highest BCUT2D eigenvalue weighted by atomic mass is 16.5. The van der Waals surface area contributed by atoms with Crippen molar-refractivity contribution < 1.29 is 4.74 Å². The topological polar surface area (TPSA) is 37.4 Å². The number of rotatable bonds is 9. The number of nitrogens with zero attached hydrogens (tertiary/aromatic N) is 2. The van der Waals surface area contributed by atoms with Crippen molar-refractivity contribution in [2.24, 2.45) is 0 Å². The monoisotopic (exact) mass is 265 g/mol. The minimum Gasteiger partial charge on any atom is -0.383 e. The molecule has 1 aromatic heterocycles. The molecule has 0 unspecified atom stereocenters. The summed E-state index contributed by atoms with van der Waals surface area (Å²) in [4.78, 5) is 6.95. The highest BCUT2D eigenvalue weighted by molar-refractivity contribution is 5.40. The number of nitrogens with one attached hydrogen (secondary N) is 1. The molecule has 0 radical (unpaired) electrons. The summed E-state index contributed by atoms with van der Waals surface area (Å²) in [6, 6.07) is 4.78. The van der Waals surface area contributed by atoms with Crippen molar-refractivity contribution in [2.45, 2.75) is 39.3 Å². The van der Waals surface area contributed by atoms with Crippen LogP contribution in [-0.2, 0) is 11.3 Å². The number of anilines is 1. The van der Waals surface area contributed by atoms with Gasteiger partial charge in [0.15, 0.2) is 0 Å². The highest BCUT2D eigenvalue weighted by Gasteiger charge is 2.16. The van der Waals surface area contributed by atoms with Crippen molar-refractivity contribution in [3.05, 3.63) is 23.9 Å². The molecule has 0 amide bonds. The fourth-order valence-electron chi connectivity index (χ4n) is 2.30. The van der Waals surface area contributed by atoms with Crippen LogP contribution in [0.1, 0.15) is 32.3 Å². The van der Waals surface area contributed by atoms with Gasteiger partial charge in [0.05, 0.1) is 6.61 Å². The molecular weight excluding hydrogens is 238 g/mol. The lowest BCUT2D eigenvalue weighted by atomic mass is 10.1. The molecule has 19 heavy (non-hydrogen) atoms. The highest BCUT2D eigenvalue weighted by Crippen LogP contribution is 2.18. The molecule has 0 fully saturated rings. The molecule has 0 aromatic carbocycles. The van der Waals surface area contributed by atoms with Gasteiger partial charge in [0, 0.05) is 32.4 Å². The van der Waals surface area contributed by atoms with Crippen LogP contribution in [0.25, 0.3) is 0 Å². The van der Waals surface area contributed by atoms with Crippen molar-refractivity contribution in [1.82, 2.24) is 10.3 Å². The van der Waals surface area contributed by atoms with Crippen molar-refractivity contribution in [1.29, 1.82) is 0 Å². The average molecular weight is 265 g/mol. The van der Waals surface area contributed by atoms with Gasteiger partial charge in [-0.2, -0.15) is 0 Å². The van der Waals surface area contributed by atoms with Crippen LogP contribution >= 0.6 is 0 Å². The summed E-state index contributed by atoms with van der Waals surface area (Å²) in [5.74, 6) is 1.05. The molecule has 1 aromatic rings. The van der Waals surface area contributed by atoms with E-state index in [2.05, 4.69) is 41.2 Å². The predicted molar refractivity (Wildman–Crippen MR) is 80.6 cm³/mol. The number of methoxy groups -OCH3 is 1. The second-order valence-corrected chi connectivity index (χ2v) is 4.71. The van der Waals surface area contributed by atoms with E-state index in [1.807, 2.05) is 13.2 Å². The third kappa shape index (κ3) is 4.80. The van der Waals surface area contributed by atoms with Gasteiger partial charge in [0.25, 0.3) is 0 Å². The summed E-state index contributed by atoms with van der Waals surface area (Å²) in [7, 11) is 3.69. The van der Waals surface area contributed by atoms with Crippen molar-refractivity contribution >= 4 is 5.82 Å². The summed E-state index contributed by atoms with van der Waals surface area (Å²) in [6.45, 7) is 6.93. The van der Waals surface area contributed by atoms with Gasteiger partial charge in [-0.15, -0.1) is 0 Å². The van der Waals surface area contributed by atoms with Crippen LogP contribution in [-0.4, -0.2) is 38.3 Å². The van der Waals surface area contributed by atoms with Crippen LogP contribution in [0.2, 0.25) is 0 Å². The summed E-state index contributed by atoms with van der Waals surface area (Å²) >= 11 is 0. The van der Waals surface area contributed by atoms with E-state index in [0.717, 1.165) is 38.4 Å². The quantitative estimate of drug-likeness (QED) is 0.744. The van der Waals surface area contributed by atoms with Crippen molar-refractivity contribution in [3.63, 3.8) is 0 Å². The molecule has 0 saturated carbocycles. The Labute approximate surface area is 117 Å². The minimum absolute atomic E-state index is 0.526. The van der Waals surface area contributed by atoms with Gasteiger partial charge in [0.1, 0.15) is 5.82 Å². The first kappa shape index (κ1) is 15.9. The maximum Gasteiger partial charge on any atom is 0.128 e. The summed E-state index contributed by atoms with van der Waals surface area (Å²) in [5.41, 5.74) is 1.21. The summed E-state index contributed by atoms with van der Waals surface area (Å²) < 4.78 is 5.22. The standard InChI is InChI=1S/C15H27N3O/c1-5-14(6-2)18(9-10-19-4)15-8-7-13(11-16-3)12-17-15/h7-8,12,14,16H,5-6,9-11H2,1-4H3. The average Bonchev–Trinajstić information content (AvgIpc) is 2.45. The van der Waals surface area contributed by atoms with Crippen molar-refractivity contribution in [3.8, 4) is 0 Å². The zero-order valence-electron chi connectivity index (χ0n) is 12.6. The molecule has 1 rings (SSSR count). The fraction of sp³-hybridized carbons (Fsp3) is 0.667.